The number of anilines is 1. The highest BCUT2D eigenvalue weighted by Crippen LogP contribution is 2.27. The molecule has 3 rings (SSSR count). The van der Waals surface area contributed by atoms with Gasteiger partial charge in [-0.3, -0.25) is 4.79 Å². The number of nitrogens with zero attached hydrogens (tertiary/aromatic N) is 2. The Hall–Kier alpha value is -1.51. The van der Waals surface area contributed by atoms with Gasteiger partial charge in [0.05, 0.1) is 0 Å². The first-order chi connectivity index (χ1) is 10.7. The third-order valence-corrected chi connectivity index (χ3v) is 5.16. The van der Waals surface area contributed by atoms with Crippen molar-refractivity contribution in [2.24, 2.45) is 5.92 Å². The van der Waals surface area contributed by atoms with Crippen LogP contribution in [0, 0.1) is 5.92 Å². The monoisotopic (exact) mass is 300 g/mol. The number of carbonyl (C=O) groups excluding carboxylic acids is 1. The van der Waals surface area contributed by atoms with Crippen LogP contribution in [0.15, 0.2) is 24.3 Å². The number of amides is 1. The van der Waals surface area contributed by atoms with Crippen molar-refractivity contribution >= 4 is 11.6 Å². The molecule has 3 nitrogen and oxygen atoms in total. The molecule has 1 saturated carbocycles. The number of hydrogen-bond acceptors (Lipinski definition) is 2. The maximum atomic E-state index is 12.4. The largest absolute Gasteiger partial charge is 0.372 e. The molecule has 0 N–H and O–H groups in total. The van der Waals surface area contributed by atoms with Crippen LogP contribution >= 0.6 is 0 Å². The third kappa shape index (κ3) is 3.63. The van der Waals surface area contributed by atoms with E-state index >= 15 is 0 Å². The van der Waals surface area contributed by atoms with Crippen molar-refractivity contribution in [3.05, 3.63) is 29.8 Å². The molecule has 1 saturated heterocycles. The van der Waals surface area contributed by atoms with Gasteiger partial charge >= 0.3 is 0 Å². The molecule has 0 bridgehead atoms. The Kier molecular flexibility index (Phi) is 5.01. The highest BCUT2D eigenvalue weighted by Gasteiger charge is 2.25. The van der Waals surface area contributed by atoms with E-state index in [9.17, 15) is 4.79 Å². The Morgan fingerprint density at radius 1 is 1.05 bits per heavy atom. The van der Waals surface area contributed by atoms with Crippen molar-refractivity contribution in [1.29, 1.82) is 0 Å². The number of piperidine rings is 1. The van der Waals surface area contributed by atoms with Crippen molar-refractivity contribution in [2.75, 3.05) is 25.0 Å². The van der Waals surface area contributed by atoms with Crippen LogP contribution in [0.2, 0.25) is 0 Å². The van der Waals surface area contributed by atoms with E-state index in [2.05, 4.69) is 29.2 Å². The lowest BCUT2D eigenvalue weighted by atomic mass is 10.1. The molecular weight excluding hydrogens is 272 g/mol. The van der Waals surface area contributed by atoms with Gasteiger partial charge in [-0.15, -0.1) is 0 Å². The predicted octanol–water partition coefficient (Wildman–Crippen LogP) is 3.83. The van der Waals surface area contributed by atoms with E-state index in [0.717, 1.165) is 19.4 Å². The number of hydrogen-bond donors (Lipinski definition) is 0. The summed E-state index contributed by atoms with van der Waals surface area (Å²) in [7, 11) is 1.94. The van der Waals surface area contributed by atoms with Crippen LogP contribution < -0.4 is 4.90 Å². The first kappa shape index (κ1) is 15.4. The fraction of sp³-hybridized carbons (Fsp3) is 0.632. The zero-order valence-corrected chi connectivity index (χ0v) is 13.8. The second-order valence-corrected chi connectivity index (χ2v) is 6.89. The topological polar surface area (TPSA) is 23.6 Å². The molecule has 1 heterocycles. The van der Waals surface area contributed by atoms with Gasteiger partial charge in [-0.25, -0.2) is 0 Å². The summed E-state index contributed by atoms with van der Waals surface area (Å²) in [6.45, 7) is 3.09. The summed E-state index contributed by atoms with van der Waals surface area (Å²) in [6.07, 6.45) is 8.57. The summed E-state index contributed by atoms with van der Waals surface area (Å²) in [6, 6.07) is 8.80. The quantitative estimate of drug-likeness (QED) is 0.844. The molecule has 120 valence electrons. The average molecular weight is 300 g/mol. The van der Waals surface area contributed by atoms with Gasteiger partial charge in [0.25, 0.3) is 0 Å². The van der Waals surface area contributed by atoms with E-state index in [1.54, 1.807) is 0 Å². The summed E-state index contributed by atoms with van der Waals surface area (Å²) in [5.74, 6) is 0.607. The van der Waals surface area contributed by atoms with Gasteiger partial charge in [-0.1, -0.05) is 25.0 Å². The van der Waals surface area contributed by atoms with Crippen LogP contribution in [-0.4, -0.2) is 30.9 Å². The van der Waals surface area contributed by atoms with Crippen LogP contribution in [0.4, 0.5) is 5.69 Å². The minimum absolute atomic E-state index is 0.276. The van der Waals surface area contributed by atoms with Crippen molar-refractivity contribution < 1.29 is 4.79 Å². The van der Waals surface area contributed by atoms with Crippen LogP contribution in [0.1, 0.15) is 50.5 Å². The van der Waals surface area contributed by atoms with Crippen LogP contribution in [0.5, 0.6) is 0 Å². The standard InChI is InChI=1S/C19H28N2O/c1-20(19(22)17-7-3-4-8-17)15-16-9-11-18(12-10-16)21-13-5-2-6-14-21/h9-12,17H,2-8,13-15H2,1H3. The van der Waals surface area contributed by atoms with Crippen molar-refractivity contribution in [3.63, 3.8) is 0 Å². The van der Waals surface area contributed by atoms with Gasteiger partial charge in [-0.05, 0) is 49.8 Å². The lowest BCUT2D eigenvalue weighted by Crippen LogP contribution is -2.31. The van der Waals surface area contributed by atoms with Crippen LogP contribution in [-0.2, 0) is 11.3 Å². The molecule has 22 heavy (non-hydrogen) atoms. The minimum atomic E-state index is 0.276. The average Bonchev–Trinajstić information content (AvgIpc) is 3.10. The second-order valence-electron chi connectivity index (χ2n) is 6.89. The molecule has 0 unspecified atom stereocenters. The molecule has 1 aliphatic carbocycles. The summed E-state index contributed by atoms with van der Waals surface area (Å²) < 4.78 is 0. The molecule has 3 heteroatoms. The fourth-order valence-electron chi connectivity index (χ4n) is 3.80. The molecule has 0 spiro atoms. The molecule has 2 aliphatic rings. The van der Waals surface area contributed by atoms with E-state index in [0.29, 0.717) is 5.91 Å². The minimum Gasteiger partial charge on any atom is -0.372 e. The fourth-order valence-corrected chi connectivity index (χ4v) is 3.80. The summed E-state index contributed by atoms with van der Waals surface area (Å²) in [4.78, 5) is 16.8. The van der Waals surface area contributed by atoms with Gasteiger partial charge in [0, 0.05) is 38.3 Å². The van der Waals surface area contributed by atoms with Gasteiger partial charge < -0.3 is 9.80 Å². The molecule has 1 aromatic rings. The Balaban J connectivity index is 1.56. The van der Waals surface area contributed by atoms with E-state index in [4.69, 9.17) is 0 Å². The zero-order valence-electron chi connectivity index (χ0n) is 13.8. The first-order valence-corrected chi connectivity index (χ1v) is 8.83. The van der Waals surface area contributed by atoms with Crippen molar-refractivity contribution in [2.45, 2.75) is 51.5 Å². The number of carbonyl (C=O) groups is 1. The second kappa shape index (κ2) is 7.17. The van der Waals surface area contributed by atoms with E-state index in [1.807, 2.05) is 11.9 Å². The summed E-state index contributed by atoms with van der Waals surface area (Å²) >= 11 is 0. The molecule has 0 aromatic heterocycles. The number of rotatable bonds is 4. The Morgan fingerprint density at radius 2 is 1.68 bits per heavy atom. The van der Waals surface area contributed by atoms with Gasteiger partial charge in [0.2, 0.25) is 5.91 Å². The Labute approximate surface area is 134 Å². The SMILES string of the molecule is CN(Cc1ccc(N2CCCCC2)cc1)C(=O)C1CCCC1. The first-order valence-electron chi connectivity index (χ1n) is 8.83. The van der Waals surface area contributed by atoms with E-state index in [-0.39, 0.29) is 5.92 Å². The highest BCUT2D eigenvalue weighted by molar-refractivity contribution is 5.78. The van der Waals surface area contributed by atoms with Gasteiger partial charge in [0.15, 0.2) is 0 Å². The molecule has 0 atom stereocenters. The molecule has 1 aromatic carbocycles. The smallest absolute Gasteiger partial charge is 0.225 e. The van der Waals surface area contributed by atoms with Crippen LogP contribution in [0.3, 0.4) is 0 Å². The lowest BCUT2D eigenvalue weighted by molar-refractivity contribution is -0.134. The normalized spacial score (nSPS) is 19.4. The zero-order chi connectivity index (χ0) is 15.4. The molecule has 1 aliphatic heterocycles. The van der Waals surface area contributed by atoms with E-state index < -0.39 is 0 Å². The van der Waals surface area contributed by atoms with Gasteiger partial charge in [-0.2, -0.15) is 0 Å². The molecule has 1 amide bonds. The summed E-state index contributed by atoms with van der Waals surface area (Å²) in [5, 5.41) is 0. The Morgan fingerprint density at radius 3 is 2.32 bits per heavy atom. The molecule has 0 radical (unpaired) electrons. The molecular formula is C19H28N2O. The Bertz CT molecular complexity index is 485. The maximum absolute atomic E-state index is 12.4. The van der Waals surface area contributed by atoms with Gasteiger partial charge in [0.1, 0.15) is 0 Å². The summed E-state index contributed by atoms with van der Waals surface area (Å²) in [5.41, 5.74) is 2.56. The van der Waals surface area contributed by atoms with Crippen molar-refractivity contribution in [3.8, 4) is 0 Å². The van der Waals surface area contributed by atoms with Crippen molar-refractivity contribution in [1.82, 2.24) is 4.90 Å². The van der Waals surface area contributed by atoms with Crippen LogP contribution in [0.25, 0.3) is 0 Å². The third-order valence-electron chi connectivity index (χ3n) is 5.16. The highest BCUT2D eigenvalue weighted by atomic mass is 16.2. The maximum Gasteiger partial charge on any atom is 0.225 e. The van der Waals surface area contributed by atoms with E-state index in [1.165, 1.54) is 56.4 Å². The number of benzene rings is 1. The lowest BCUT2D eigenvalue weighted by Gasteiger charge is -2.29. The molecule has 2 fully saturated rings. The predicted molar refractivity (Wildman–Crippen MR) is 90.9 cm³/mol.